The van der Waals surface area contributed by atoms with Crippen LogP contribution in [0.5, 0.6) is 11.5 Å². The van der Waals surface area contributed by atoms with Crippen LogP contribution in [0.3, 0.4) is 0 Å². The van der Waals surface area contributed by atoms with Crippen LogP contribution in [0.4, 0.5) is 4.39 Å². The van der Waals surface area contributed by atoms with Crippen molar-refractivity contribution in [3.8, 4) is 22.6 Å². The molecule has 1 unspecified atom stereocenters. The third-order valence-corrected chi connectivity index (χ3v) is 4.97. The Balaban J connectivity index is 1.84. The molecule has 3 aromatic carbocycles. The molecule has 1 aliphatic heterocycles. The zero-order chi connectivity index (χ0) is 19.0. The Hall–Kier alpha value is -3.08. The molecule has 1 fully saturated rings. The number of rotatable bonds is 4. The maximum atomic E-state index is 14.9. The first-order valence-electron chi connectivity index (χ1n) is 8.86. The van der Waals surface area contributed by atoms with Gasteiger partial charge in [-0.15, -0.1) is 0 Å². The number of hydrogen-bond donors (Lipinski definition) is 0. The van der Waals surface area contributed by atoms with Crippen LogP contribution in [0, 0.1) is 5.82 Å². The summed E-state index contributed by atoms with van der Waals surface area (Å²) in [6.07, 6.45) is 0.143. The third-order valence-electron chi connectivity index (χ3n) is 4.97. The molecule has 4 rings (SSSR count). The highest BCUT2D eigenvalue weighted by Crippen LogP contribution is 2.37. The lowest BCUT2D eigenvalue weighted by molar-refractivity contribution is -0.132. The van der Waals surface area contributed by atoms with Gasteiger partial charge < -0.3 is 14.4 Å². The van der Waals surface area contributed by atoms with Crippen LogP contribution in [0.25, 0.3) is 21.9 Å². The second-order valence-corrected chi connectivity index (χ2v) is 6.67. The maximum absolute atomic E-state index is 14.9. The zero-order valence-electron chi connectivity index (χ0n) is 15.2. The van der Waals surface area contributed by atoms with Crippen molar-refractivity contribution in [1.82, 2.24) is 4.90 Å². The Morgan fingerprint density at radius 1 is 1.07 bits per heavy atom. The Morgan fingerprint density at radius 3 is 2.63 bits per heavy atom. The van der Waals surface area contributed by atoms with Crippen molar-refractivity contribution in [3.63, 3.8) is 0 Å². The summed E-state index contributed by atoms with van der Waals surface area (Å²) < 4.78 is 26.0. The molecule has 1 aliphatic rings. The topological polar surface area (TPSA) is 38.8 Å². The van der Waals surface area contributed by atoms with Crippen LogP contribution >= 0.6 is 0 Å². The zero-order valence-corrected chi connectivity index (χ0v) is 15.2. The monoisotopic (exact) mass is 365 g/mol. The first-order chi connectivity index (χ1) is 13.1. The van der Waals surface area contributed by atoms with Crippen molar-refractivity contribution < 1.29 is 18.7 Å². The van der Waals surface area contributed by atoms with Crippen molar-refractivity contribution >= 4 is 16.7 Å². The van der Waals surface area contributed by atoms with Crippen LogP contribution in [-0.2, 0) is 4.79 Å². The van der Waals surface area contributed by atoms with Crippen LogP contribution in [0.2, 0.25) is 0 Å². The van der Waals surface area contributed by atoms with Crippen LogP contribution < -0.4 is 9.47 Å². The summed E-state index contributed by atoms with van der Waals surface area (Å²) in [5.74, 6) is 0.298. The fourth-order valence-corrected chi connectivity index (χ4v) is 3.51. The van der Waals surface area contributed by atoms with E-state index in [1.807, 2.05) is 30.3 Å². The SMILES string of the molecule is COc1cccc(-c2cc(OC3CCN(C)C3=O)cc3ccccc23)c1F. The number of methoxy groups -OCH3 is 1. The Kier molecular flexibility index (Phi) is 4.44. The molecule has 1 saturated heterocycles. The van der Waals surface area contributed by atoms with Crippen molar-refractivity contribution in [3.05, 3.63) is 60.4 Å². The number of halogens is 1. The van der Waals surface area contributed by atoms with Gasteiger partial charge in [0.1, 0.15) is 5.75 Å². The normalized spacial score (nSPS) is 16.8. The summed E-state index contributed by atoms with van der Waals surface area (Å²) in [7, 11) is 3.21. The second-order valence-electron chi connectivity index (χ2n) is 6.67. The molecule has 27 heavy (non-hydrogen) atoms. The second kappa shape index (κ2) is 6.91. The number of ether oxygens (including phenoxy) is 2. The number of likely N-dealkylation sites (tertiary alicyclic amines) is 1. The predicted octanol–water partition coefficient (Wildman–Crippen LogP) is 4.26. The first kappa shape index (κ1) is 17.3. The fraction of sp³-hybridized carbons (Fsp3) is 0.227. The lowest BCUT2D eigenvalue weighted by Crippen LogP contribution is -2.29. The van der Waals surface area contributed by atoms with E-state index in [1.165, 1.54) is 7.11 Å². The van der Waals surface area contributed by atoms with E-state index in [4.69, 9.17) is 9.47 Å². The summed E-state index contributed by atoms with van der Waals surface area (Å²) in [6.45, 7) is 0.675. The van der Waals surface area contributed by atoms with E-state index in [0.717, 1.165) is 10.8 Å². The van der Waals surface area contributed by atoms with E-state index in [1.54, 1.807) is 36.2 Å². The summed E-state index contributed by atoms with van der Waals surface area (Å²) in [5.41, 5.74) is 1.14. The smallest absolute Gasteiger partial charge is 0.263 e. The average molecular weight is 365 g/mol. The Bertz CT molecular complexity index is 1020. The van der Waals surface area contributed by atoms with Gasteiger partial charge in [0, 0.05) is 25.6 Å². The molecule has 5 heteroatoms. The van der Waals surface area contributed by atoms with Gasteiger partial charge in [-0.05, 0) is 34.5 Å². The van der Waals surface area contributed by atoms with E-state index in [0.29, 0.717) is 29.8 Å². The molecule has 0 aliphatic carbocycles. The minimum absolute atomic E-state index is 0.0303. The molecular weight excluding hydrogens is 345 g/mol. The quantitative estimate of drug-likeness (QED) is 0.693. The molecule has 0 radical (unpaired) electrons. The van der Waals surface area contributed by atoms with Gasteiger partial charge >= 0.3 is 0 Å². The Morgan fingerprint density at radius 2 is 1.89 bits per heavy atom. The standard InChI is InChI=1S/C22H20FNO3/c1-24-11-10-20(22(24)25)27-15-12-14-6-3-4-7-16(14)18(13-15)17-8-5-9-19(26-2)21(17)23/h3-9,12-13,20H,10-11H2,1-2H3. The fourth-order valence-electron chi connectivity index (χ4n) is 3.51. The van der Waals surface area contributed by atoms with Crippen molar-refractivity contribution in [2.24, 2.45) is 0 Å². The number of likely N-dealkylation sites (N-methyl/N-ethyl adjacent to an activating group) is 1. The molecule has 0 saturated carbocycles. The van der Waals surface area contributed by atoms with E-state index >= 15 is 0 Å². The van der Waals surface area contributed by atoms with Gasteiger partial charge in [-0.2, -0.15) is 0 Å². The highest BCUT2D eigenvalue weighted by molar-refractivity contribution is 5.98. The minimum atomic E-state index is -0.501. The van der Waals surface area contributed by atoms with Crippen molar-refractivity contribution in [1.29, 1.82) is 0 Å². The van der Waals surface area contributed by atoms with Gasteiger partial charge in [-0.3, -0.25) is 4.79 Å². The lowest BCUT2D eigenvalue weighted by Gasteiger charge is -2.16. The number of amides is 1. The highest BCUT2D eigenvalue weighted by atomic mass is 19.1. The van der Waals surface area contributed by atoms with Gasteiger partial charge in [0.15, 0.2) is 17.7 Å². The van der Waals surface area contributed by atoms with Crippen LogP contribution in [0.15, 0.2) is 54.6 Å². The van der Waals surface area contributed by atoms with E-state index in [9.17, 15) is 9.18 Å². The molecule has 0 spiro atoms. The maximum Gasteiger partial charge on any atom is 0.263 e. The summed E-state index contributed by atoms with van der Waals surface area (Å²) in [4.78, 5) is 13.9. The molecule has 4 nitrogen and oxygen atoms in total. The van der Waals surface area contributed by atoms with Gasteiger partial charge in [0.2, 0.25) is 0 Å². The highest BCUT2D eigenvalue weighted by Gasteiger charge is 2.31. The average Bonchev–Trinajstić information content (AvgIpc) is 3.00. The summed E-state index contributed by atoms with van der Waals surface area (Å²) in [6, 6.07) is 16.5. The van der Waals surface area contributed by atoms with Gasteiger partial charge in [0.25, 0.3) is 5.91 Å². The minimum Gasteiger partial charge on any atom is -0.494 e. The molecule has 3 aromatic rings. The Labute approximate surface area is 157 Å². The number of carbonyl (C=O) groups excluding carboxylic acids is 1. The largest absolute Gasteiger partial charge is 0.494 e. The number of benzene rings is 3. The lowest BCUT2D eigenvalue weighted by atomic mass is 9.97. The van der Waals surface area contributed by atoms with E-state index in [2.05, 4.69) is 0 Å². The van der Waals surface area contributed by atoms with Crippen molar-refractivity contribution in [2.75, 3.05) is 20.7 Å². The third kappa shape index (κ3) is 3.10. The first-order valence-corrected chi connectivity index (χ1v) is 8.86. The number of hydrogen-bond acceptors (Lipinski definition) is 3. The molecule has 138 valence electrons. The summed E-state index contributed by atoms with van der Waals surface area (Å²) in [5, 5.41) is 1.83. The number of nitrogens with zero attached hydrogens (tertiary/aromatic N) is 1. The molecule has 1 amide bonds. The van der Waals surface area contributed by atoms with Crippen LogP contribution in [-0.4, -0.2) is 37.6 Å². The van der Waals surface area contributed by atoms with Crippen LogP contribution in [0.1, 0.15) is 6.42 Å². The number of carbonyl (C=O) groups is 1. The molecule has 0 aromatic heterocycles. The van der Waals surface area contributed by atoms with Gasteiger partial charge in [-0.1, -0.05) is 36.4 Å². The predicted molar refractivity (Wildman–Crippen MR) is 103 cm³/mol. The van der Waals surface area contributed by atoms with Crippen molar-refractivity contribution in [2.45, 2.75) is 12.5 Å². The molecule has 0 N–H and O–H groups in total. The molecule has 1 atom stereocenters. The molecular formula is C22H20FNO3. The number of fused-ring (bicyclic) bond motifs is 1. The molecule has 0 bridgehead atoms. The summed E-state index contributed by atoms with van der Waals surface area (Å²) >= 11 is 0. The van der Waals surface area contributed by atoms with Gasteiger partial charge in [0.05, 0.1) is 7.11 Å². The van der Waals surface area contributed by atoms with E-state index < -0.39 is 11.9 Å². The van der Waals surface area contributed by atoms with E-state index in [-0.39, 0.29) is 11.7 Å². The van der Waals surface area contributed by atoms with Gasteiger partial charge in [-0.25, -0.2) is 4.39 Å². The molecule has 1 heterocycles.